The Bertz CT molecular complexity index is 779. The maximum atomic E-state index is 12.0. The van der Waals surface area contributed by atoms with Crippen LogP contribution in [-0.4, -0.2) is 54.3 Å². The van der Waals surface area contributed by atoms with Gasteiger partial charge in [-0.1, -0.05) is 135 Å². The Kier molecular flexibility index (Phi) is 32.7. The molecule has 3 N–H and O–H groups in total. The highest BCUT2D eigenvalue weighted by Gasteiger charge is 2.23. The summed E-state index contributed by atoms with van der Waals surface area (Å²) in [6, 6.07) is 0. The van der Waals surface area contributed by atoms with E-state index in [1.807, 2.05) is 0 Å². The molecule has 272 valence electrons. The molecule has 0 aliphatic heterocycles. The summed E-state index contributed by atoms with van der Waals surface area (Å²) in [4.78, 5) is 33.6. The maximum absolute atomic E-state index is 12.0. The maximum Gasteiger partial charge on any atom is 0.472 e. The average Bonchev–Trinajstić information content (AvgIpc) is 3.04. The van der Waals surface area contributed by atoms with E-state index in [1.165, 1.54) is 89.9 Å². The summed E-state index contributed by atoms with van der Waals surface area (Å²) in [6.07, 6.45) is 31.4. The molecule has 0 bridgehead atoms. The monoisotopic (exact) mass is 675 g/mol. The van der Waals surface area contributed by atoms with Crippen LogP contribution >= 0.6 is 7.82 Å². The number of carbonyl (C=O) groups excluding carboxylic acids is 2. The highest BCUT2D eigenvalue weighted by Crippen LogP contribution is 2.42. The Morgan fingerprint density at radius 1 is 0.652 bits per heavy atom. The van der Waals surface area contributed by atoms with Crippen molar-refractivity contribution in [2.24, 2.45) is 0 Å². The van der Waals surface area contributed by atoms with E-state index >= 15 is 0 Å². The van der Waals surface area contributed by atoms with E-state index in [9.17, 15) is 24.2 Å². The highest BCUT2D eigenvalue weighted by atomic mass is 31.2. The predicted molar refractivity (Wildman–Crippen MR) is 188 cm³/mol. The fraction of sp³-hybridized carbons (Fsp3) is 0.889. The van der Waals surface area contributed by atoms with Crippen molar-refractivity contribution in [3.63, 3.8) is 0 Å². The number of aliphatic hydroxyl groups is 1. The fourth-order valence-electron chi connectivity index (χ4n) is 5.08. The molecule has 0 fully saturated rings. The van der Waals surface area contributed by atoms with Crippen molar-refractivity contribution in [1.82, 2.24) is 5.32 Å². The molecule has 0 saturated carbocycles. The molecule has 0 saturated heterocycles. The van der Waals surface area contributed by atoms with Crippen LogP contribution in [0.5, 0.6) is 0 Å². The molecule has 0 rings (SSSR count). The first-order valence-corrected chi connectivity index (χ1v) is 20.2. The number of unbranched alkanes of at least 4 members (excludes halogenated alkanes) is 20. The van der Waals surface area contributed by atoms with Crippen LogP contribution < -0.4 is 5.32 Å². The molecule has 10 heteroatoms. The normalized spacial score (nSPS) is 13.6. The van der Waals surface area contributed by atoms with Crippen LogP contribution in [0.1, 0.15) is 174 Å². The van der Waals surface area contributed by atoms with Gasteiger partial charge in [0.25, 0.3) is 0 Å². The van der Waals surface area contributed by atoms with Crippen LogP contribution in [0.2, 0.25) is 0 Å². The number of rotatable bonds is 35. The zero-order chi connectivity index (χ0) is 34.0. The first-order valence-electron chi connectivity index (χ1n) is 18.7. The van der Waals surface area contributed by atoms with Crippen molar-refractivity contribution in [2.75, 3.05) is 26.4 Å². The number of esters is 1. The second kappa shape index (κ2) is 33.6. The standard InChI is InChI=1S/C36H70NO8P/c1-3-5-7-9-11-13-14-15-16-17-18-19-21-23-25-27-29-36(40)43-32-34(38)33-45-46(41,42)44-31-30-37-35(39)28-26-24-22-20-12-10-8-6-4-2/h16-17,34,38H,3-15,18-33H2,1-2H3,(H,37,39)(H,41,42)/b17-16-. The van der Waals surface area contributed by atoms with Gasteiger partial charge in [0.2, 0.25) is 5.91 Å². The molecule has 2 atom stereocenters. The van der Waals surface area contributed by atoms with Crippen LogP contribution in [0.25, 0.3) is 0 Å². The molecule has 0 aromatic carbocycles. The topological polar surface area (TPSA) is 131 Å². The van der Waals surface area contributed by atoms with Crippen molar-refractivity contribution in [3.8, 4) is 0 Å². The van der Waals surface area contributed by atoms with Gasteiger partial charge in [-0.25, -0.2) is 4.57 Å². The minimum absolute atomic E-state index is 0.0841. The van der Waals surface area contributed by atoms with Gasteiger partial charge >= 0.3 is 13.8 Å². The van der Waals surface area contributed by atoms with Gasteiger partial charge in [0, 0.05) is 19.4 Å². The largest absolute Gasteiger partial charge is 0.472 e. The van der Waals surface area contributed by atoms with Gasteiger partial charge in [-0.15, -0.1) is 0 Å². The lowest BCUT2D eigenvalue weighted by atomic mass is 10.1. The number of ether oxygens (including phenoxy) is 1. The molecule has 0 aromatic rings. The molecule has 0 heterocycles. The van der Waals surface area contributed by atoms with E-state index in [1.54, 1.807) is 0 Å². The predicted octanol–water partition coefficient (Wildman–Crippen LogP) is 9.49. The Morgan fingerprint density at radius 2 is 1.11 bits per heavy atom. The number of nitrogens with one attached hydrogen (secondary N) is 1. The zero-order valence-corrected chi connectivity index (χ0v) is 30.4. The lowest BCUT2D eigenvalue weighted by Crippen LogP contribution is -2.27. The molecular weight excluding hydrogens is 605 g/mol. The Balaban J connectivity index is 3.62. The third kappa shape index (κ3) is 34.1. The molecule has 9 nitrogen and oxygen atoms in total. The van der Waals surface area contributed by atoms with E-state index in [2.05, 4.69) is 31.3 Å². The van der Waals surface area contributed by atoms with E-state index in [-0.39, 0.29) is 32.1 Å². The number of aliphatic hydroxyl groups excluding tert-OH is 1. The second-order valence-electron chi connectivity index (χ2n) is 12.6. The molecule has 0 radical (unpaired) electrons. The lowest BCUT2D eigenvalue weighted by molar-refractivity contribution is -0.147. The van der Waals surface area contributed by atoms with E-state index in [0.717, 1.165) is 57.8 Å². The highest BCUT2D eigenvalue weighted by molar-refractivity contribution is 7.47. The number of phosphoric acid groups is 1. The van der Waals surface area contributed by atoms with Gasteiger partial charge in [0.15, 0.2) is 0 Å². The van der Waals surface area contributed by atoms with Crippen LogP contribution in [0.4, 0.5) is 0 Å². The van der Waals surface area contributed by atoms with E-state index < -0.39 is 26.5 Å². The number of hydrogen-bond acceptors (Lipinski definition) is 7. The Morgan fingerprint density at radius 3 is 1.63 bits per heavy atom. The summed E-state index contributed by atoms with van der Waals surface area (Å²) >= 11 is 0. The summed E-state index contributed by atoms with van der Waals surface area (Å²) in [5.41, 5.74) is 0. The molecule has 0 aliphatic carbocycles. The smallest absolute Gasteiger partial charge is 0.463 e. The Hall–Kier alpha value is -1.25. The first kappa shape index (κ1) is 44.8. The van der Waals surface area contributed by atoms with Crippen molar-refractivity contribution < 1.29 is 37.9 Å². The third-order valence-electron chi connectivity index (χ3n) is 7.95. The zero-order valence-electron chi connectivity index (χ0n) is 29.5. The number of amides is 1. The van der Waals surface area contributed by atoms with Crippen LogP contribution in [0.3, 0.4) is 0 Å². The summed E-state index contributed by atoms with van der Waals surface area (Å²) < 4.78 is 26.7. The summed E-state index contributed by atoms with van der Waals surface area (Å²) in [5.74, 6) is -0.525. The van der Waals surface area contributed by atoms with E-state index in [0.29, 0.717) is 6.42 Å². The van der Waals surface area contributed by atoms with Crippen LogP contribution in [-0.2, 0) is 27.9 Å². The van der Waals surface area contributed by atoms with Gasteiger partial charge in [0.1, 0.15) is 12.7 Å². The summed E-state index contributed by atoms with van der Waals surface area (Å²) in [6.45, 7) is 3.52. The van der Waals surface area contributed by atoms with Crippen LogP contribution in [0, 0.1) is 0 Å². The summed E-state index contributed by atoms with van der Waals surface area (Å²) in [5, 5.41) is 12.6. The number of carbonyl (C=O) groups is 2. The molecule has 1 amide bonds. The molecule has 2 unspecified atom stereocenters. The van der Waals surface area contributed by atoms with Crippen LogP contribution in [0.15, 0.2) is 12.2 Å². The summed E-state index contributed by atoms with van der Waals surface area (Å²) in [7, 11) is -4.40. The van der Waals surface area contributed by atoms with Crippen molar-refractivity contribution in [3.05, 3.63) is 12.2 Å². The molecule has 0 spiro atoms. The van der Waals surface area contributed by atoms with E-state index in [4.69, 9.17) is 13.8 Å². The number of allylic oxidation sites excluding steroid dienone is 2. The fourth-order valence-corrected chi connectivity index (χ4v) is 5.84. The van der Waals surface area contributed by atoms with Gasteiger partial charge in [-0.3, -0.25) is 18.6 Å². The second-order valence-corrected chi connectivity index (χ2v) is 14.0. The third-order valence-corrected chi connectivity index (χ3v) is 8.93. The van der Waals surface area contributed by atoms with Gasteiger partial charge in [-0.05, 0) is 38.5 Å². The number of hydrogen-bond donors (Lipinski definition) is 3. The van der Waals surface area contributed by atoms with Crippen molar-refractivity contribution >= 4 is 19.7 Å². The SMILES string of the molecule is CCCCCCCCC/C=C\CCCCCCCC(=O)OCC(O)COP(=O)(O)OCCNC(=O)CCCCCCCCCCC. The van der Waals surface area contributed by atoms with Gasteiger partial charge < -0.3 is 20.1 Å². The number of phosphoric ester groups is 1. The first-order chi connectivity index (χ1) is 22.3. The van der Waals surface area contributed by atoms with Gasteiger partial charge in [-0.2, -0.15) is 0 Å². The average molecular weight is 676 g/mol. The minimum Gasteiger partial charge on any atom is -0.463 e. The molecule has 0 aliphatic rings. The molecular formula is C36H70NO8P. The molecule has 0 aromatic heterocycles. The molecule has 46 heavy (non-hydrogen) atoms. The van der Waals surface area contributed by atoms with Gasteiger partial charge in [0.05, 0.1) is 13.2 Å². The van der Waals surface area contributed by atoms with Crippen molar-refractivity contribution in [1.29, 1.82) is 0 Å². The minimum atomic E-state index is -4.40. The quantitative estimate of drug-likeness (QED) is 0.0262. The Labute approximate surface area is 281 Å². The lowest BCUT2D eigenvalue weighted by Gasteiger charge is -2.15. The van der Waals surface area contributed by atoms with Crippen molar-refractivity contribution in [2.45, 2.75) is 180 Å².